The van der Waals surface area contributed by atoms with Gasteiger partial charge in [0.15, 0.2) is 0 Å². The molecule has 0 saturated carbocycles. The van der Waals surface area contributed by atoms with Crippen LogP contribution in [0.15, 0.2) is 48.5 Å². The molecule has 2 amide bonds. The first-order valence-corrected chi connectivity index (χ1v) is 8.48. The van der Waals surface area contributed by atoms with Crippen LogP contribution in [0, 0.1) is 5.82 Å². The van der Waals surface area contributed by atoms with Crippen LogP contribution in [-0.4, -0.2) is 29.8 Å². The summed E-state index contributed by atoms with van der Waals surface area (Å²) in [5.41, 5.74) is 1.52. The normalized spacial score (nSPS) is 18.6. The molecule has 1 saturated heterocycles. The van der Waals surface area contributed by atoms with Crippen molar-refractivity contribution in [2.45, 2.75) is 25.2 Å². The van der Waals surface area contributed by atoms with Gasteiger partial charge in [0.2, 0.25) is 11.8 Å². The van der Waals surface area contributed by atoms with Crippen molar-refractivity contribution in [3.05, 3.63) is 59.9 Å². The number of hydrogen-bond donors (Lipinski definition) is 0. The molecule has 2 aromatic rings. The standard InChI is InChI=1S/C20H19FN2O2/c1-14(24)22-11-9-20(10-12-22)17-13-15(21)7-8-18(17)23(19(20)25)16-5-3-2-4-6-16/h2-8,13H,9-12H2,1H3. The van der Waals surface area contributed by atoms with E-state index in [2.05, 4.69) is 0 Å². The Morgan fingerprint density at radius 1 is 1.08 bits per heavy atom. The first-order valence-electron chi connectivity index (χ1n) is 8.48. The fraction of sp³-hybridized carbons (Fsp3) is 0.300. The summed E-state index contributed by atoms with van der Waals surface area (Å²) in [6.07, 6.45) is 1.04. The summed E-state index contributed by atoms with van der Waals surface area (Å²) < 4.78 is 14.0. The van der Waals surface area contributed by atoms with Gasteiger partial charge in [0.05, 0.1) is 11.1 Å². The number of amides is 2. The number of likely N-dealkylation sites (tertiary alicyclic amines) is 1. The van der Waals surface area contributed by atoms with E-state index in [1.54, 1.807) is 22.8 Å². The molecule has 0 N–H and O–H groups in total. The van der Waals surface area contributed by atoms with Crippen LogP contribution in [-0.2, 0) is 15.0 Å². The maximum absolute atomic E-state index is 14.0. The number of halogens is 1. The van der Waals surface area contributed by atoms with Gasteiger partial charge in [0, 0.05) is 25.7 Å². The van der Waals surface area contributed by atoms with Gasteiger partial charge in [-0.25, -0.2) is 4.39 Å². The minimum Gasteiger partial charge on any atom is -0.343 e. The summed E-state index contributed by atoms with van der Waals surface area (Å²) >= 11 is 0. The zero-order chi connectivity index (χ0) is 17.6. The first kappa shape index (κ1) is 15.8. The van der Waals surface area contributed by atoms with Crippen molar-refractivity contribution in [3.8, 4) is 0 Å². The lowest BCUT2D eigenvalue weighted by molar-refractivity contribution is -0.133. The molecule has 0 aromatic heterocycles. The van der Waals surface area contributed by atoms with Crippen molar-refractivity contribution in [2.75, 3.05) is 18.0 Å². The molecule has 2 heterocycles. The predicted octanol–water partition coefficient (Wildman–Crippen LogP) is 3.38. The Balaban J connectivity index is 1.81. The highest BCUT2D eigenvalue weighted by Crippen LogP contribution is 2.50. The van der Waals surface area contributed by atoms with E-state index in [4.69, 9.17) is 0 Å². The van der Waals surface area contributed by atoms with Crippen molar-refractivity contribution in [2.24, 2.45) is 0 Å². The third-order valence-corrected chi connectivity index (χ3v) is 5.40. The number of para-hydroxylation sites is 1. The maximum atomic E-state index is 14.0. The van der Waals surface area contributed by atoms with Gasteiger partial charge in [-0.05, 0) is 48.7 Å². The molecule has 4 nitrogen and oxygen atoms in total. The molecule has 0 bridgehead atoms. The molecule has 2 aliphatic rings. The van der Waals surface area contributed by atoms with Crippen LogP contribution < -0.4 is 4.90 Å². The molecule has 5 heteroatoms. The lowest BCUT2D eigenvalue weighted by atomic mass is 9.73. The van der Waals surface area contributed by atoms with Crippen LogP contribution in [0.5, 0.6) is 0 Å². The van der Waals surface area contributed by atoms with Crippen molar-refractivity contribution < 1.29 is 14.0 Å². The van der Waals surface area contributed by atoms with E-state index >= 15 is 0 Å². The molecule has 0 unspecified atom stereocenters. The average molecular weight is 338 g/mol. The monoisotopic (exact) mass is 338 g/mol. The lowest BCUT2D eigenvalue weighted by Gasteiger charge is -2.38. The van der Waals surface area contributed by atoms with Gasteiger partial charge in [-0.1, -0.05) is 18.2 Å². The van der Waals surface area contributed by atoms with Gasteiger partial charge < -0.3 is 4.90 Å². The Hall–Kier alpha value is -2.69. The lowest BCUT2D eigenvalue weighted by Crippen LogP contribution is -2.49. The summed E-state index contributed by atoms with van der Waals surface area (Å²) in [6, 6.07) is 14.0. The second-order valence-corrected chi connectivity index (χ2v) is 6.73. The molecule has 4 rings (SSSR count). The number of anilines is 2. The molecule has 2 aliphatic heterocycles. The Morgan fingerprint density at radius 2 is 1.76 bits per heavy atom. The number of hydrogen-bond acceptors (Lipinski definition) is 2. The van der Waals surface area contributed by atoms with E-state index in [1.165, 1.54) is 12.1 Å². The number of carbonyl (C=O) groups excluding carboxylic acids is 2. The summed E-state index contributed by atoms with van der Waals surface area (Å²) in [5, 5.41) is 0. The molecule has 0 atom stereocenters. The Kier molecular flexibility index (Phi) is 3.60. The van der Waals surface area contributed by atoms with Gasteiger partial charge in [-0.15, -0.1) is 0 Å². The fourth-order valence-corrected chi connectivity index (χ4v) is 4.05. The number of benzene rings is 2. The number of rotatable bonds is 1. The number of nitrogens with zero attached hydrogens (tertiary/aromatic N) is 2. The second kappa shape index (κ2) is 5.69. The van der Waals surface area contributed by atoms with E-state index in [-0.39, 0.29) is 17.6 Å². The summed E-state index contributed by atoms with van der Waals surface area (Å²) in [6.45, 7) is 2.57. The Morgan fingerprint density at radius 3 is 2.40 bits per heavy atom. The van der Waals surface area contributed by atoms with Crippen molar-refractivity contribution >= 4 is 23.2 Å². The van der Waals surface area contributed by atoms with Gasteiger partial charge in [-0.2, -0.15) is 0 Å². The summed E-state index contributed by atoms with van der Waals surface area (Å²) in [5.74, 6) is -0.350. The van der Waals surface area contributed by atoms with E-state index in [9.17, 15) is 14.0 Å². The average Bonchev–Trinajstić information content (AvgIpc) is 2.85. The van der Waals surface area contributed by atoms with Gasteiger partial charge in [0.1, 0.15) is 5.82 Å². The molecular weight excluding hydrogens is 319 g/mol. The molecule has 0 aliphatic carbocycles. The van der Waals surface area contributed by atoms with Crippen LogP contribution in [0.3, 0.4) is 0 Å². The van der Waals surface area contributed by atoms with E-state index in [0.717, 1.165) is 16.9 Å². The van der Waals surface area contributed by atoms with Crippen molar-refractivity contribution in [1.82, 2.24) is 4.90 Å². The molecule has 1 spiro atoms. The van der Waals surface area contributed by atoms with Gasteiger partial charge >= 0.3 is 0 Å². The molecule has 0 radical (unpaired) electrons. The third kappa shape index (κ3) is 2.34. The zero-order valence-corrected chi connectivity index (χ0v) is 14.0. The third-order valence-electron chi connectivity index (χ3n) is 5.40. The topological polar surface area (TPSA) is 40.6 Å². The highest BCUT2D eigenvalue weighted by atomic mass is 19.1. The smallest absolute Gasteiger partial charge is 0.242 e. The predicted molar refractivity (Wildman–Crippen MR) is 93.2 cm³/mol. The van der Waals surface area contributed by atoms with E-state index in [0.29, 0.717) is 25.9 Å². The molecule has 2 aromatic carbocycles. The van der Waals surface area contributed by atoms with Crippen molar-refractivity contribution in [3.63, 3.8) is 0 Å². The number of carbonyl (C=O) groups is 2. The second-order valence-electron chi connectivity index (χ2n) is 6.73. The minimum absolute atomic E-state index is 0.0136. The van der Waals surface area contributed by atoms with Crippen LogP contribution in [0.25, 0.3) is 0 Å². The summed E-state index contributed by atoms with van der Waals surface area (Å²) in [4.78, 5) is 28.5. The first-order chi connectivity index (χ1) is 12.0. The fourth-order valence-electron chi connectivity index (χ4n) is 4.05. The van der Waals surface area contributed by atoms with Crippen LogP contribution in [0.2, 0.25) is 0 Å². The van der Waals surface area contributed by atoms with Crippen LogP contribution in [0.4, 0.5) is 15.8 Å². The number of piperidine rings is 1. The Bertz CT molecular complexity index is 842. The van der Waals surface area contributed by atoms with Crippen LogP contribution >= 0.6 is 0 Å². The zero-order valence-electron chi connectivity index (χ0n) is 14.0. The van der Waals surface area contributed by atoms with Crippen LogP contribution in [0.1, 0.15) is 25.3 Å². The van der Waals surface area contributed by atoms with E-state index in [1.807, 2.05) is 30.3 Å². The SMILES string of the molecule is CC(=O)N1CCC2(CC1)C(=O)N(c1ccccc1)c1ccc(F)cc12. The highest BCUT2D eigenvalue weighted by Gasteiger charge is 2.52. The van der Waals surface area contributed by atoms with Gasteiger partial charge in [0.25, 0.3) is 0 Å². The molecular formula is C20H19FN2O2. The molecule has 1 fully saturated rings. The Labute approximate surface area is 145 Å². The quantitative estimate of drug-likeness (QED) is 0.800. The minimum atomic E-state index is -0.751. The molecule has 25 heavy (non-hydrogen) atoms. The largest absolute Gasteiger partial charge is 0.343 e. The van der Waals surface area contributed by atoms with Crippen molar-refractivity contribution in [1.29, 1.82) is 0 Å². The molecule has 128 valence electrons. The number of fused-ring (bicyclic) bond motifs is 2. The summed E-state index contributed by atoms with van der Waals surface area (Å²) in [7, 11) is 0. The highest BCUT2D eigenvalue weighted by molar-refractivity contribution is 6.13. The van der Waals surface area contributed by atoms with E-state index < -0.39 is 5.41 Å². The maximum Gasteiger partial charge on any atom is 0.242 e. The van der Waals surface area contributed by atoms with Gasteiger partial charge in [-0.3, -0.25) is 14.5 Å².